The number of ether oxygens (including phenoxy) is 1. The van der Waals surface area contributed by atoms with E-state index in [9.17, 15) is 0 Å². The lowest BCUT2D eigenvalue weighted by Gasteiger charge is -2.22. The van der Waals surface area contributed by atoms with Crippen molar-refractivity contribution in [3.8, 4) is 0 Å². The van der Waals surface area contributed by atoms with E-state index in [0.29, 0.717) is 11.7 Å². The van der Waals surface area contributed by atoms with E-state index >= 15 is 0 Å². The molecule has 132 valence electrons. The molecule has 2 rings (SSSR count). The van der Waals surface area contributed by atoms with Crippen LogP contribution >= 0.6 is 12.2 Å². The van der Waals surface area contributed by atoms with Crippen molar-refractivity contribution in [3.05, 3.63) is 29.8 Å². The van der Waals surface area contributed by atoms with Crippen LogP contribution < -0.4 is 15.6 Å². The van der Waals surface area contributed by atoms with Crippen molar-refractivity contribution in [2.75, 3.05) is 31.7 Å². The highest BCUT2D eigenvalue weighted by Gasteiger charge is 2.09. The van der Waals surface area contributed by atoms with Gasteiger partial charge in [0.25, 0.3) is 0 Å². The summed E-state index contributed by atoms with van der Waals surface area (Å²) in [7, 11) is 1.67. The molecule has 2 N–H and O–H groups in total. The Morgan fingerprint density at radius 1 is 1.25 bits per heavy atom. The lowest BCUT2D eigenvalue weighted by molar-refractivity contribution is 0.179. The summed E-state index contributed by atoms with van der Waals surface area (Å²) >= 11 is 5.18. The van der Waals surface area contributed by atoms with Crippen LogP contribution in [0.15, 0.2) is 29.4 Å². The van der Waals surface area contributed by atoms with Gasteiger partial charge in [0.15, 0.2) is 5.11 Å². The molecule has 1 aromatic rings. The minimum atomic E-state index is 0.151. The molecule has 0 amide bonds. The SMILES string of the molecule is COC[C@@H](C)NC(=S)N/N=C\c1ccc(N2CCCCCC2)cc1. The average molecular weight is 349 g/mol. The van der Waals surface area contributed by atoms with Crippen LogP contribution in [0, 0.1) is 0 Å². The molecule has 0 bridgehead atoms. The van der Waals surface area contributed by atoms with Gasteiger partial charge in [-0.2, -0.15) is 5.10 Å². The van der Waals surface area contributed by atoms with Crippen molar-refractivity contribution in [2.24, 2.45) is 5.10 Å². The van der Waals surface area contributed by atoms with Crippen LogP contribution in [0.25, 0.3) is 0 Å². The zero-order chi connectivity index (χ0) is 17.2. The van der Waals surface area contributed by atoms with Crippen molar-refractivity contribution in [2.45, 2.75) is 38.6 Å². The van der Waals surface area contributed by atoms with Crippen LogP contribution in [0.1, 0.15) is 38.2 Å². The maximum Gasteiger partial charge on any atom is 0.187 e. The second-order valence-corrected chi connectivity index (χ2v) is 6.60. The molecule has 0 saturated carbocycles. The Hall–Kier alpha value is -1.66. The predicted molar refractivity (Wildman–Crippen MR) is 105 cm³/mol. The summed E-state index contributed by atoms with van der Waals surface area (Å²) in [6.45, 7) is 4.93. The van der Waals surface area contributed by atoms with Gasteiger partial charge >= 0.3 is 0 Å². The normalized spacial score (nSPS) is 16.7. The summed E-state index contributed by atoms with van der Waals surface area (Å²) in [6.07, 6.45) is 7.06. The number of hydrogen-bond acceptors (Lipinski definition) is 4. The molecule has 0 spiro atoms. The molecule has 1 fully saturated rings. The summed E-state index contributed by atoms with van der Waals surface area (Å²) in [5.74, 6) is 0. The van der Waals surface area contributed by atoms with Gasteiger partial charge in [0.1, 0.15) is 0 Å². The standard InChI is InChI=1S/C18H28N4OS/c1-15(14-23-2)20-18(24)21-19-13-16-7-9-17(10-8-16)22-11-5-3-4-6-12-22/h7-10,13,15H,3-6,11-12,14H2,1-2H3,(H2,20,21,24)/b19-13-/t15-/m1/s1. The van der Waals surface area contributed by atoms with Gasteiger partial charge in [-0.25, -0.2) is 0 Å². The van der Waals surface area contributed by atoms with Crippen molar-refractivity contribution < 1.29 is 4.74 Å². The number of hydrazone groups is 1. The zero-order valence-electron chi connectivity index (χ0n) is 14.6. The van der Waals surface area contributed by atoms with E-state index in [1.807, 2.05) is 6.92 Å². The second-order valence-electron chi connectivity index (χ2n) is 6.19. The third-order valence-electron chi connectivity index (χ3n) is 4.04. The molecular formula is C18H28N4OS. The fraction of sp³-hybridized carbons (Fsp3) is 0.556. The van der Waals surface area contributed by atoms with Crippen LogP contribution in [-0.4, -0.2) is 44.2 Å². The first-order valence-electron chi connectivity index (χ1n) is 8.62. The third kappa shape index (κ3) is 6.45. The Morgan fingerprint density at radius 3 is 2.54 bits per heavy atom. The molecule has 0 unspecified atom stereocenters. The second kappa shape index (κ2) is 10.3. The van der Waals surface area contributed by atoms with E-state index in [1.165, 1.54) is 31.4 Å². The quantitative estimate of drug-likeness (QED) is 0.470. The first-order valence-corrected chi connectivity index (χ1v) is 9.03. The monoisotopic (exact) mass is 348 g/mol. The molecule has 1 saturated heterocycles. The molecule has 0 aromatic heterocycles. The van der Waals surface area contributed by atoms with Crippen LogP contribution in [0.3, 0.4) is 0 Å². The summed E-state index contributed by atoms with van der Waals surface area (Å²) in [6, 6.07) is 8.68. The number of anilines is 1. The van der Waals surface area contributed by atoms with Crippen molar-refractivity contribution >= 4 is 29.2 Å². The molecule has 0 aliphatic carbocycles. The summed E-state index contributed by atoms with van der Waals surface area (Å²) < 4.78 is 5.05. The van der Waals surface area contributed by atoms with Gasteiger partial charge in [-0.15, -0.1) is 0 Å². The molecule has 1 aromatic carbocycles. The number of nitrogens with zero attached hydrogens (tertiary/aromatic N) is 2. The molecule has 24 heavy (non-hydrogen) atoms. The molecule has 1 aliphatic heterocycles. The molecular weight excluding hydrogens is 320 g/mol. The smallest absolute Gasteiger partial charge is 0.187 e. The van der Waals surface area contributed by atoms with Crippen LogP contribution in [0.4, 0.5) is 5.69 Å². The Balaban J connectivity index is 1.81. The summed E-state index contributed by atoms with van der Waals surface area (Å²) in [4.78, 5) is 2.47. The molecule has 5 nitrogen and oxygen atoms in total. The molecule has 1 heterocycles. The highest BCUT2D eigenvalue weighted by atomic mass is 32.1. The van der Waals surface area contributed by atoms with E-state index in [1.54, 1.807) is 13.3 Å². The van der Waals surface area contributed by atoms with Gasteiger partial charge in [-0.3, -0.25) is 5.43 Å². The Kier molecular flexibility index (Phi) is 7.98. The Bertz CT molecular complexity index is 524. The highest BCUT2D eigenvalue weighted by molar-refractivity contribution is 7.80. The Morgan fingerprint density at radius 2 is 1.92 bits per heavy atom. The van der Waals surface area contributed by atoms with Crippen molar-refractivity contribution in [3.63, 3.8) is 0 Å². The maximum atomic E-state index is 5.18. The number of methoxy groups -OCH3 is 1. The summed E-state index contributed by atoms with van der Waals surface area (Å²) in [5, 5.41) is 7.78. The van der Waals surface area contributed by atoms with Gasteiger partial charge in [-0.1, -0.05) is 25.0 Å². The molecule has 6 heteroatoms. The van der Waals surface area contributed by atoms with Gasteiger partial charge in [-0.05, 0) is 49.7 Å². The predicted octanol–water partition coefficient (Wildman–Crippen LogP) is 2.90. The van der Waals surface area contributed by atoms with Crippen LogP contribution in [0.5, 0.6) is 0 Å². The summed E-state index contributed by atoms with van der Waals surface area (Å²) in [5.41, 5.74) is 5.18. The largest absolute Gasteiger partial charge is 0.383 e. The number of thiocarbonyl (C=S) groups is 1. The fourth-order valence-electron chi connectivity index (χ4n) is 2.81. The van der Waals surface area contributed by atoms with Gasteiger partial charge < -0.3 is 15.0 Å². The van der Waals surface area contributed by atoms with E-state index in [0.717, 1.165) is 18.7 Å². The first-order chi connectivity index (χ1) is 11.7. The maximum absolute atomic E-state index is 5.18. The topological polar surface area (TPSA) is 48.9 Å². The lowest BCUT2D eigenvalue weighted by atomic mass is 10.2. The minimum Gasteiger partial charge on any atom is -0.383 e. The average Bonchev–Trinajstić information content (AvgIpc) is 2.85. The number of hydrogen-bond donors (Lipinski definition) is 2. The fourth-order valence-corrected chi connectivity index (χ4v) is 3.07. The molecule has 1 aliphatic rings. The van der Waals surface area contributed by atoms with Gasteiger partial charge in [0.2, 0.25) is 0 Å². The Labute approximate surface area is 150 Å². The van der Waals surface area contributed by atoms with Gasteiger partial charge in [0, 0.05) is 31.9 Å². The van der Waals surface area contributed by atoms with E-state index < -0.39 is 0 Å². The number of benzene rings is 1. The third-order valence-corrected chi connectivity index (χ3v) is 4.25. The lowest BCUT2D eigenvalue weighted by Crippen LogP contribution is -2.40. The van der Waals surface area contributed by atoms with Crippen LogP contribution in [0.2, 0.25) is 0 Å². The van der Waals surface area contributed by atoms with Crippen LogP contribution in [-0.2, 0) is 4.74 Å². The number of rotatable bonds is 6. The zero-order valence-corrected chi connectivity index (χ0v) is 15.4. The van der Waals surface area contributed by atoms with Gasteiger partial charge in [0.05, 0.1) is 12.8 Å². The molecule has 1 atom stereocenters. The first kappa shape index (κ1) is 18.7. The minimum absolute atomic E-state index is 0.151. The van der Waals surface area contributed by atoms with Crippen molar-refractivity contribution in [1.29, 1.82) is 0 Å². The van der Waals surface area contributed by atoms with E-state index in [2.05, 4.69) is 45.0 Å². The molecule has 0 radical (unpaired) electrons. The van der Waals surface area contributed by atoms with Crippen molar-refractivity contribution in [1.82, 2.24) is 10.7 Å². The number of nitrogens with one attached hydrogen (secondary N) is 2. The highest BCUT2D eigenvalue weighted by Crippen LogP contribution is 2.19. The van der Waals surface area contributed by atoms with E-state index in [-0.39, 0.29) is 6.04 Å². The van der Waals surface area contributed by atoms with E-state index in [4.69, 9.17) is 17.0 Å².